The first-order chi connectivity index (χ1) is 12.5. The molecule has 5 nitrogen and oxygen atoms in total. The van der Waals surface area contributed by atoms with Gasteiger partial charge in [0.05, 0.1) is 19.1 Å². The van der Waals surface area contributed by atoms with Crippen molar-refractivity contribution in [2.45, 2.75) is 57.7 Å². The van der Waals surface area contributed by atoms with E-state index in [1.165, 1.54) is 0 Å². The molecule has 27 heavy (non-hydrogen) atoms. The number of hydrogen-bond donors (Lipinski definition) is 2. The maximum Gasteiger partial charge on any atom is 0.391 e. The Bertz CT molecular complexity index is 425. The number of nitrogens with zero attached hydrogens (tertiary/aromatic N) is 1. The molecule has 1 saturated carbocycles. The van der Waals surface area contributed by atoms with Gasteiger partial charge >= 0.3 is 6.18 Å². The van der Waals surface area contributed by atoms with Crippen molar-refractivity contribution in [3.05, 3.63) is 0 Å². The van der Waals surface area contributed by atoms with Gasteiger partial charge in [-0.1, -0.05) is 0 Å². The van der Waals surface area contributed by atoms with E-state index in [-0.39, 0.29) is 42.9 Å². The van der Waals surface area contributed by atoms with Crippen LogP contribution in [0.4, 0.5) is 13.2 Å². The average molecular weight is 507 g/mol. The van der Waals surface area contributed by atoms with Crippen molar-refractivity contribution in [1.29, 1.82) is 0 Å². The van der Waals surface area contributed by atoms with Gasteiger partial charge < -0.3 is 20.1 Å². The molecule has 0 spiro atoms. The summed E-state index contributed by atoms with van der Waals surface area (Å²) < 4.78 is 49.2. The Morgan fingerprint density at radius 3 is 2.52 bits per heavy atom. The molecule has 1 aliphatic carbocycles. The van der Waals surface area contributed by atoms with Gasteiger partial charge in [-0.05, 0) is 45.4 Å². The molecule has 0 radical (unpaired) electrons. The number of rotatable bonds is 8. The van der Waals surface area contributed by atoms with Crippen molar-refractivity contribution < 1.29 is 22.6 Å². The predicted octanol–water partition coefficient (Wildman–Crippen LogP) is 3.72. The fraction of sp³-hybridized carbons (Fsp3) is 0.944. The molecule has 1 aliphatic heterocycles. The molecule has 2 fully saturated rings. The van der Waals surface area contributed by atoms with E-state index >= 15 is 0 Å². The Kier molecular flexibility index (Phi) is 11.9. The number of guanidine groups is 1. The molecular weight excluding hydrogens is 474 g/mol. The minimum Gasteiger partial charge on any atom is -0.381 e. The minimum absolute atomic E-state index is 0. The van der Waals surface area contributed by atoms with Crippen LogP contribution in [0.1, 0.15) is 45.4 Å². The van der Waals surface area contributed by atoms with Crippen molar-refractivity contribution in [3.63, 3.8) is 0 Å². The molecule has 1 heterocycles. The second kappa shape index (κ2) is 13.0. The topological polar surface area (TPSA) is 54.9 Å². The molecule has 0 aromatic carbocycles. The van der Waals surface area contributed by atoms with Crippen molar-refractivity contribution in [2.75, 3.05) is 39.5 Å². The zero-order valence-electron chi connectivity index (χ0n) is 16.0. The highest BCUT2D eigenvalue weighted by Gasteiger charge is 2.41. The van der Waals surface area contributed by atoms with Crippen LogP contribution in [0.3, 0.4) is 0 Å². The third-order valence-corrected chi connectivity index (χ3v) is 4.97. The van der Waals surface area contributed by atoms with E-state index in [9.17, 15) is 13.2 Å². The van der Waals surface area contributed by atoms with E-state index in [2.05, 4.69) is 15.6 Å². The first-order valence-corrected chi connectivity index (χ1v) is 9.76. The van der Waals surface area contributed by atoms with E-state index in [4.69, 9.17) is 9.47 Å². The van der Waals surface area contributed by atoms with Crippen molar-refractivity contribution >= 4 is 29.9 Å². The van der Waals surface area contributed by atoms with Gasteiger partial charge in [0.1, 0.15) is 0 Å². The summed E-state index contributed by atoms with van der Waals surface area (Å²) in [5.74, 6) is 0.0546. The average Bonchev–Trinajstić information content (AvgIpc) is 3.11. The van der Waals surface area contributed by atoms with Crippen molar-refractivity contribution in [2.24, 2.45) is 16.8 Å². The molecule has 0 aromatic rings. The number of ether oxygens (including phenoxy) is 2. The van der Waals surface area contributed by atoms with Gasteiger partial charge in [-0.3, -0.25) is 4.99 Å². The van der Waals surface area contributed by atoms with Crippen LogP contribution in [0.5, 0.6) is 0 Å². The van der Waals surface area contributed by atoms with Gasteiger partial charge in [0.25, 0.3) is 0 Å². The van der Waals surface area contributed by atoms with Gasteiger partial charge in [0.15, 0.2) is 5.96 Å². The second-order valence-corrected chi connectivity index (χ2v) is 7.15. The number of halogens is 4. The summed E-state index contributed by atoms with van der Waals surface area (Å²) in [5, 5.41) is 6.45. The van der Waals surface area contributed by atoms with Crippen LogP contribution in [0.2, 0.25) is 0 Å². The van der Waals surface area contributed by atoms with Gasteiger partial charge in [0.2, 0.25) is 0 Å². The molecule has 0 aromatic heterocycles. The van der Waals surface area contributed by atoms with Crippen LogP contribution in [-0.4, -0.2) is 57.7 Å². The van der Waals surface area contributed by atoms with Crippen LogP contribution in [0.15, 0.2) is 4.99 Å². The summed E-state index contributed by atoms with van der Waals surface area (Å²) >= 11 is 0. The summed E-state index contributed by atoms with van der Waals surface area (Å²) in [6, 6.07) is 0.0602. The number of hydrogen-bond acceptors (Lipinski definition) is 3. The molecule has 0 amide bonds. The first-order valence-electron chi connectivity index (χ1n) is 9.76. The third-order valence-electron chi connectivity index (χ3n) is 4.97. The molecule has 1 unspecified atom stereocenters. The molecule has 2 N–H and O–H groups in total. The maximum absolute atomic E-state index is 12.7. The quantitative estimate of drug-likeness (QED) is 0.228. The zero-order chi connectivity index (χ0) is 18.8. The van der Waals surface area contributed by atoms with Crippen molar-refractivity contribution in [3.8, 4) is 0 Å². The van der Waals surface area contributed by atoms with Crippen LogP contribution in [0.25, 0.3) is 0 Å². The zero-order valence-corrected chi connectivity index (χ0v) is 18.4. The van der Waals surface area contributed by atoms with Gasteiger partial charge in [0, 0.05) is 38.3 Å². The summed E-state index contributed by atoms with van der Waals surface area (Å²) in [4.78, 5) is 4.51. The van der Waals surface area contributed by atoms with Crippen LogP contribution < -0.4 is 10.6 Å². The molecule has 1 saturated heterocycles. The van der Waals surface area contributed by atoms with E-state index in [1.54, 1.807) is 0 Å². The van der Waals surface area contributed by atoms with E-state index in [1.807, 2.05) is 6.92 Å². The highest BCUT2D eigenvalue weighted by molar-refractivity contribution is 14.0. The minimum atomic E-state index is -4.06. The van der Waals surface area contributed by atoms with Gasteiger partial charge in [-0.15, -0.1) is 24.0 Å². The van der Waals surface area contributed by atoms with Gasteiger partial charge in [-0.25, -0.2) is 0 Å². The smallest absolute Gasteiger partial charge is 0.381 e. The molecule has 160 valence electrons. The molecule has 2 aliphatic rings. The van der Waals surface area contributed by atoms with Crippen LogP contribution >= 0.6 is 24.0 Å². The Labute approximate surface area is 177 Å². The molecule has 2 rings (SSSR count). The number of alkyl halides is 3. The van der Waals surface area contributed by atoms with E-state index in [0.717, 1.165) is 39.2 Å². The highest BCUT2D eigenvalue weighted by Crippen LogP contribution is 2.37. The molecule has 0 bridgehead atoms. The fourth-order valence-corrected chi connectivity index (χ4v) is 3.40. The largest absolute Gasteiger partial charge is 0.391 e. The van der Waals surface area contributed by atoms with E-state index < -0.39 is 12.1 Å². The fourth-order valence-electron chi connectivity index (χ4n) is 3.40. The van der Waals surface area contributed by atoms with E-state index in [0.29, 0.717) is 37.9 Å². The van der Waals surface area contributed by atoms with Crippen LogP contribution in [0, 0.1) is 11.8 Å². The standard InChI is InChI=1S/C18H32F3N3O2.HI/c1-2-22-17(23-9-3-10-25-12-14-8-11-26-13-14)24-16-6-4-15(5-7-16)18(19,20)21;/h14-16H,2-13H2,1H3,(H2,22,23,24);1H. The van der Waals surface area contributed by atoms with Crippen LogP contribution in [-0.2, 0) is 9.47 Å². The second-order valence-electron chi connectivity index (χ2n) is 7.15. The Morgan fingerprint density at radius 2 is 1.93 bits per heavy atom. The Hall–Kier alpha value is -0.290. The summed E-state index contributed by atoms with van der Waals surface area (Å²) in [7, 11) is 0. The lowest BCUT2D eigenvalue weighted by Gasteiger charge is -2.31. The molecule has 9 heteroatoms. The molecule has 1 atom stereocenters. The SMILES string of the molecule is CCNC(=NCCCOCC1CCOC1)NC1CCC(C(F)(F)F)CC1.I. The van der Waals surface area contributed by atoms with Gasteiger partial charge in [-0.2, -0.15) is 13.2 Å². The lowest BCUT2D eigenvalue weighted by molar-refractivity contribution is -0.182. The monoisotopic (exact) mass is 507 g/mol. The highest BCUT2D eigenvalue weighted by atomic mass is 127. The lowest BCUT2D eigenvalue weighted by Crippen LogP contribution is -2.45. The Morgan fingerprint density at radius 1 is 1.19 bits per heavy atom. The number of nitrogens with one attached hydrogen (secondary N) is 2. The molecular formula is C18H33F3IN3O2. The summed E-state index contributed by atoms with van der Waals surface area (Å²) in [6.07, 6.45) is -0.719. The third kappa shape index (κ3) is 9.65. The predicted molar refractivity (Wildman–Crippen MR) is 111 cm³/mol. The summed E-state index contributed by atoms with van der Waals surface area (Å²) in [6.45, 7) is 6.37. The lowest BCUT2D eigenvalue weighted by atomic mass is 9.85. The normalized spacial score (nSPS) is 26.5. The maximum atomic E-state index is 12.7. The van der Waals surface area contributed by atoms with Crippen molar-refractivity contribution in [1.82, 2.24) is 10.6 Å². The first kappa shape index (κ1) is 24.7. The summed E-state index contributed by atoms with van der Waals surface area (Å²) in [5.41, 5.74) is 0. The Balaban J connectivity index is 0.00000364. The number of aliphatic imine (C=N–C) groups is 1.